The summed E-state index contributed by atoms with van der Waals surface area (Å²) in [6.07, 6.45) is 7.15. The highest BCUT2D eigenvalue weighted by Crippen LogP contribution is 2.59. The lowest BCUT2D eigenvalue weighted by atomic mass is 9.55. The van der Waals surface area contributed by atoms with Gasteiger partial charge in [-0.1, -0.05) is 6.92 Å². The van der Waals surface area contributed by atoms with Gasteiger partial charge in [0.25, 0.3) is 0 Å². The van der Waals surface area contributed by atoms with E-state index in [9.17, 15) is 13.2 Å². The van der Waals surface area contributed by atoms with Crippen molar-refractivity contribution in [1.29, 1.82) is 0 Å². The number of benzene rings is 1. The van der Waals surface area contributed by atoms with E-state index >= 15 is 0 Å². The lowest BCUT2D eigenvalue weighted by Gasteiger charge is -2.48. The largest absolute Gasteiger partial charge is 0.428 e. The van der Waals surface area contributed by atoms with Gasteiger partial charge >= 0.3 is 10.3 Å². The molecule has 5 nitrogen and oxygen atoms in total. The third-order valence-electron chi connectivity index (χ3n) is 7.08. The van der Waals surface area contributed by atoms with Crippen LogP contribution in [0.2, 0.25) is 0 Å². The molecule has 0 radical (unpaired) electrons. The molecule has 1 aliphatic heterocycles. The van der Waals surface area contributed by atoms with E-state index in [-0.39, 0.29) is 5.41 Å². The van der Waals surface area contributed by atoms with Crippen LogP contribution in [0.5, 0.6) is 5.75 Å². The van der Waals surface area contributed by atoms with Crippen molar-refractivity contribution in [3.8, 4) is 5.75 Å². The summed E-state index contributed by atoms with van der Waals surface area (Å²) in [4.78, 5) is 12.4. The predicted octanol–water partition coefficient (Wildman–Crippen LogP) is 3.17. The molecular weight excluding hydrogens is 338 g/mol. The summed E-state index contributed by atoms with van der Waals surface area (Å²) in [5.74, 6) is 2.36. The van der Waals surface area contributed by atoms with Gasteiger partial charge in [-0.05, 0) is 73.1 Å². The molecule has 2 saturated carbocycles. The summed E-state index contributed by atoms with van der Waals surface area (Å²) in [7, 11) is -3.84. The van der Waals surface area contributed by atoms with Crippen molar-refractivity contribution in [3.05, 3.63) is 28.8 Å². The van der Waals surface area contributed by atoms with Gasteiger partial charge in [0.1, 0.15) is 5.78 Å². The van der Waals surface area contributed by atoms with Gasteiger partial charge in [-0.25, -0.2) is 0 Å². The number of carbonyl (C=O) groups is 1. The second-order valence-corrected chi connectivity index (χ2v) is 9.40. The lowest BCUT2D eigenvalue weighted by Crippen LogP contribution is -2.42. The van der Waals surface area contributed by atoms with Crippen LogP contribution in [-0.4, -0.2) is 20.4 Å². The molecule has 0 N–H and O–H groups in total. The van der Waals surface area contributed by atoms with Crippen molar-refractivity contribution < 1.29 is 17.4 Å². The number of ketones is 1. The van der Waals surface area contributed by atoms with E-state index < -0.39 is 10.3 Å². The fourth-order valence-electron chi connectivity index (χ4n) is 5.82. The number of rotatable bonds is 0. The molecule has 25 heavy (non-hydrogen) atoms. The Hall–Kier alpha value is -1.69. The molecule has 0 spiro atoms. The maximum Gasteiger partial charge on any atom is 0.428 e. The molecule has 3 aliphatic carbocycles. The summed E-state index contributed by atoms with van der Waals surface area (Å²) in [6.45, 7) is 2.18. The van der Waals surface area contributed by atoms with Crippen LogP contribution in [0.25, 0.3) is 0 Å². The number of Topliss-reactive ketones (excluding diaryl/α,β-unsaturated/α-hetero) is 1. The van der Waals surface area contributed by atoms with E-state index in [2.05, 4.69) is 17.4 Å². The van der Waals surface area contributed by atoms with E-state index in [0.29, 0.717) is 29.3 Å². The SMILES string of the molecule is CC12CCC3c4cc5c(cc4CCC3C1CCC2=O)OS(=O)(=O)N=C5. The maximum absolute atomic E-state index is 12.4. The number of nitrogens with zero attached hydrogens (tertiary/aromatic N) is 1. The van der Waals surface area contributed by atoms with Crippen LogP contribution in [0.15, 0.2) is 16.5 Å². The highest BCUT2D eigenvalue weighted by atomic mass is 32.2. The summed E-state index contributed by atoms with van der Waals surface area (Å²) < 4.78 is 31.7. The van der Waals surface area contributed by atoms with Crippen molar-refractivity contribution in [3.63, 3.8) is 0 Å². The molecule has 0 aromatic heterocycles. The van der Waals surface area contributed by atoms with Crippen LogP contribution >= 0.6 is 0 Å². The first-order valence-electron chi connectivity index (χ1n) is 9.07. The van der Waals surface area contributed by atoms with Crippen molar-refractivity contribution in [2.45, 2.75) is 51.4 Å². The number of hydrogen-bond donors (Lipinski definition) is 0. The highest BCUT2D eigenvalue weighted by Gasteiger charge is 2.54. The number of aryl methyl sites for hydroxylation is 1. The van der Waals surface area contributed by atoms with E-state index in [4.69, 9.17) is 4.18 Å². The van der Waals surface area contributed by atoms with Gasteiger partial charge in [0.15, 0.2) is 5.75 Å². The molecule has 2 fully saturated rings. The summed E-state index contributed by atoms with van der Waals surface area (Å²) in [6, 6.07) is 3.95. The van der Waals surface area contributed by atoms with Crippen LogP contribution in [0.1, 0.15) is 61.6 Å². The fourth-order valence-corrected chi connectivity index (χ4v) is 6.47. The van der Waals surface area contributed by atoms with Crippen LogP contribution < -0.4 is 4.18 Å². The van der Waals surface area contributed by atoms with Gasteiger partial charge in [0.05, 0.1) is 6.21 Å². The standard InChI is InChI=1S/C19H21NO4S/c1-19-7-6-13-14(16(19)4-5-18(19)21)3-2-11-9-17-12(8-15(11)13)10-20-25(22,23)24-17/h8-10,13-14,16H,2-7H2,1H3. The van der Waals surface area contributed by atoms with Gasteiger partial charge in [0.2, 0.25) is 0 Å². The molecule has 6 heteroatoms. The third kappa shape index (κ3) is 2.16. The first-order valence-corrected chi connectivity index (χ1v) is 10.4. The molecule has 4 aliphatic rings. The molecule has 5 rings (SSSR count). The average Bonchev–Trinajstić information content (AvgIpc) is 2.87. The smallest absolute Gasteiger partial charge is 0.365 e. The Morgan fingerprint density at radius 2 is 2.04 bits per heavy atom. The zero-order valence-electron chi connectivity index (χ0n) is 14.2. The van der Waals surface area contributed by atoms with Crippen LogP contribution in [-0.2, 0) is 21.5 Å². The molecule has 132 valence electrons. The number of carbonyl (C=O) groups excluding carboxylic acids is 1. The van der Waals surface area contributed by atoms with Crippen molar-refractivity contribution >= 4 is 22.3 Å². The monoisotopic (exact) mass is 359 g/mol. The van der Waals surface area contributed by atoms with Gasteiger partial charge in [0, 0.05) is 17.4 Å². The first-order chi connectivity index (χ1) is 11.9. The Balaban J connectivity index is 1.56. The minimum Gasteiger partial charge on any atom is -0.365 e. The molecule has 4 unspecified atom stereocenters. The van der Waals surface area contributed by atoms with Gasteiger partial charge in [-0.15, -0.1) is 4.40 Å². The summed E-state index contributed by atoms with van der Waals surface area (Å²) >= 11 is 0. The zero-order chi connectivity index (χ0) is 17.4. The average molecular weight is 359 g/mol. The Morgan fingerprint density at radius 3 is 2.88 bits per heavy atom. The second-order valence-electron chi connectivity index (χ2n) is 8.17. The normalized spacial score (nSPS) is 37.5. The van der Waals surface area contributed by atoms with E-state index in [1.54, 1.807) is 0 Å². The highest BCUT2D eigenvalue weighted by molar-refractivity contribution is 7.86. The van der Waals surface area contributed by atoms with Crippen molar-refractivity contribution in [2.24, 2.45) is 21.6 Å². The minimum atomic E-state index is -3.84. The maximum atomic E-state index is 12.4. The van der Waals surface area contributed by atoms with Crippen LogP contribution in [0.3, 0.4) is 0 Å². The van der Waals surface area contributed by atoms with E-state index in [0.717, 1.165) is 44.1 Å². The van der Waals surface area contributed by atoms with Gasteiger partial charge in [-0.3, -0.25) is 4.79 Å². The van der Waals surface area contributed by atoms with E-state index in [1.807, 2.05) is 6.07 Å². The first kappa shape index (κ1) is 15.6. The topological polar surface area (TPSA) is 72.8 Å². The Bertz CT molecular complexity index is 920. The van der Waals surface area contributed by atoms with Crippen molar-refractivity contribution in [1.82, 2.24) is 0 Å². The molecule has 4 atom stereocenters. The molecule has 0 saturated heterocycles. The number of hydrogen-bond acceptors (Lipinski definition) is 4. The van der Waals surface area contributed by atoms with E-state index in [1.165, 1.54) is 17.3 Å². The third-order valence-corrected chi connectivity index (χ3v) is 7.83. The summed E-state index contributed by atoms with van der Waals surface area (Å²) in [5, 5.41) is 0. The zero-order valence-corrected chi connectivity index (χ0v) is 15.0. The second kappa shape index (κ2) is 4.93. The molecule has 1 aromatic rings. The van der Waals surface area contributed by atoms with Crippen LogP contribution in [0, 0.1) is 17.3 Å². The van der Waals surface area contributed by atoms with Gasteiger partial charge in [-0.2, -0.15) is 8.42 Å². The Morgan fingerprint density at radius 1 is 1.20 bits per heavy atom. The van der Waals surface area contributed by atoms with Gasteiger partial charge < -0.3 is 4.18 Å². The predicted molar refractivity (Wildman–Crippen MR) is 93.2 cm³/mol. The molecule has 0 bridgehead atoms. The Labute approximate surface area is 147 Å². The molecule has 1 aromatic carbocycles. The minimum absolute atomic E-state index is 0.120. The van der Waals surface area contributed by atoms with Crippen LogP contribution in [0.4, 0.5) is 0 Å². The fraction of sp³-hybridized carbons (Fsp3) is 0.579. The number of fused-ring (bicyclic) bond motifs is 6. The molecule has 0 amide bonds. The summed E-state index contributed by atoms with van der Waals surface area (Å²) in [5.41, 5.74) is 3.13. The Kier molecular flexibility index (Phi) is 3.07. The lowest BCUT2D eigenvalue weighted by molar-refractivity contribution is -0.129. The molecular formula is C19H21NO4S. The van der Waals surface area contributed by atoms with Crippen molar-refractivity contribution in [2.75, 3.05) is 0 Å². The molecule has 1 heterocycles. The quantitative estimate of drug-likeness (QED) is 0.713.